The van der Waals surface area contributed by atoms with E-state index in [9.17, 15) is 13.2 Å². The highest BCUT2D eigenvalue weighted by Crippen LogP contribution is 2.29. The predicted molar refractivity (Wildman–Crippen MR) is 76.5 cm³/mol. The molecule has 1 aliphatic rings. The fourth-order valence-electron chi connectivity index (χ4n) is 1.88. The maximum absolute atomic E-state index is 12.3. The van der Waals surface area contributed by atoms with Gasteiger partial charge in [0.05, 0.1) is 18.5 Å². The fourth-order valence-corrected chi connectivity index (χ4v) is 1.88. The summed E-state index contributed by atoms with van der Waals surface area (Å²) in [6, 6.07) is 5.61. The van der Waals surface area contributed by atoms with Gasteiger partial charge < -0.3 is 20.5 Å². The third-order valence-electron chi connectivity index (χ3n) is 2.86. The largest absolute Gasteiger partial charge is 0.573 e. The molecule has 0 saturated heterocycles. The molecule has 5 nitrogen and oxygen atoms in total. The van der Waals surface area contributed by atoms with Crippen LogP contribution in [0.15, 0.2) is 41.6 Å². The quantitative estimate of drug-likeness (QED) is 0.662. The van der Waals surface area contributed by atoms with E-state index in [1.54, 1.807) is 12.3 Å². The summed E-state index contributed by atoms with van der Waals surface area (Å²) in [4.78, 5) is 4.07. The molecule has 0 fully saturated rings. The lowest BCUT2D eigenvalue weighted by molar-refractivity contribution is -0.274. The van der Waals surface area contributed by atoms with Gasteiger partial charge in [0.2, 0.25) is 0 Å². The summed E-state index contributed by atoms with van der Waals surface area (Å²) in [5, 5.41) is 2.60. The molecule has 1 aromatic carbocycles. The zero-order chi connectivity index (χ0) is 16.0. The Labute approximate surface area is 125 Å². The van der Waals surface area contributed by atoms with E-state index < -0.39 is 6.36 Å². The number of allylic oxidation sites excluding steroid dienone is 1. The van der Waals surface area contributed by atoms with Crippen LogP contribution in [-0.4, -0.2) is 25.0 Å². The van der Waals surface area contributed by atoms with Crippen molar-refractivity contribution in [3.8, 4) is 5.75 Å². The molecule has 0 spiro atoms. The van der Waals surface area contributed by atoms with Gasteiger partial charge >= 0.3 is 6.36 Å². The van der Waals surface area contributed by atoms with Gasteiger partial charge in [0.1, 0.15) is 6.10 Å². The number of benzene rings is 1. The van der Waals surface area contributed by atoms with Crippen molar-refractivity contribution in [2.75, 3.05) is 11.9 Å². The predicted octanol–water partition coefficient (Wildman–Crippen LogP) is 3.00. The lowest BCUT2D eigenvalue weighted by Gasteiger charge is -2.18. The second kappa shape index (κ2) is 7.06. The molecule has 0 amide bonds. The Bertz CT molecular complexity index is 559. The van der Waals surface area contributed by atoms with E-state index in [0.717, 1.165) is 12.8 Å². The summed E-state index contributed by atoms with van der Waals surface area (Å²) in [6.07, 6.45) is 0.391. The van der Waals surface area contributed by atoms with Crippen LogP contribution in [0, 0.1) is 0 Å². The minimum absolute atomic E-state index is 0.00335. The summed E-state index contributed by atoms with van der Waals surface area (Å²) in [7, 11) is 0. The molecule has 22 heavy (non-hydrogen) atoms. The standard InChI is InChI=1S/C14H16F3N3O2/c15-14(16,17)22-12-7-2-1-6-11(12)20-13(18)19-9-10-5-3-4-8-21-10/h1-2,4,6-8,10H,3,5,9H2,(H3,18,19,20). The Morgan fingerprint density at radius 1 is 1.41 bits per heavy atom. The number of anilines is 1. The SMILES string of the molecule is NC(=NCC1CCC=CO1)Nc1ccccc1OC(F)(F)F. The van der Waals surface area contributed by atoms with Gasteiger partial charge in [0.15, 0.2) is 11.7 Å². The molecule has 0 bridgehead atoms. The van der Waals surface area contributed by atoms with Crippen LogP contribution in [0.2, 0.25) is 0 Å². The molecule has 1 heterocycles. The minimum atomic E-state index is -4.77. The molecule has 1 unspecified atom stereocenters. The summed E-state index contributed by atoms with van der Waals surface area (Å²) in [5.74, 6) is -0.374. The molecule has 2 rings (SSSR count). The number of aliphatic imine (C=N–C) groups is 1. The van der Waals surface area contributed by atoms with Gasteiger partial charge in [-0.1, -0.05) is 12.1 Å². The zero-order valence-corrected chi connectivity index (χ0v) is 11.6. The van der Waals surface area contributed by atoms with Crippen LogP contribution >= 0.6 is 0 Å². The van der Waals surface area contributed by atoms with Crippen LogP contribution in [0.3, 0.4) is 0 Å². The maximum atomic E-state index is 12.3. The monoisotopic (exact) mass is 315 g/mol. The first-order valence-electron chi connectivity index (χ1n) is 6.66. The van der Waals surface area contributed by atoms with Crippen LogP contribution in [0.25, 0.3) is 0 Å². The number of para-hydroxylation sites is 2. The maximum Gasteiger partial charge on any atom is 0.573 e. The van der Waals surface area contributed by atoms with Crippen molar-refractivity contribution in [3.63, 3.8) is 0 Å². The van der Waals surface area contributed by atoms with Crippen LogP contribution in [0.5, 0.6) is 5.75 Å². The number of nitrogens with two attached hydrogens (primary N) is 1. The van der Waals surface area contributed by atoms with E-state index in [0.29, 0.717) is 6.54 Å². The van der Waals surface area contributed by atoms with Gasteiger partial charge in [-0.2, -0.15) is 0 Å². The van der Waals surface area contributed by atoms with Crippen LogP contribution in [0.4, 0.5) is 18.9 Å². The fraction of sp³-hybridized carbons (Fsp3) is 0.357. The number of hydrogen-bond donors (Lipinski definition) is 2. The topological polar surface area (TPSA) is 68.9 Å². The molecule has 0 radical (unpaired) electrons. The van der Waals surface area contributed by atoms with E-state index in [1.807, 2.05) is 6.08 Å². The number of alkyl halides is 3. The Hall–Kier alpha value is -2.38. The van der Waals surface area contributed by atoms with Crippen molar-refractivity contribution < 1.29 is 22.6 Å². The number of halogens is 3. The summed E-state index contributed by atoms with van der Waals surface area (Å²) < 4.78 is 46.2. The Kier molecular flexibility index (Phi) is 5.13. The lowest BCUT2D eigenvalue weighted by atomic mass is 10.2. The van der Waals surface area contributed by atoms with Gasteiger partial charge in [0, 0.05) is 0 Å². The lowest BCUT2D eigenvalue weighted by Crippen LogP contribution is -2.26. The van der Waals surface area contributed by atoms with Crippen molar-refractivity contribution in [3.05, 3.63) is 36.6 Å². The van der Waals surface area contributed by atoms with E-state index in [1.165, 1.54) is 18.2 Å². The number of nitrogens with one attached hydrogen (secondary N) is 1. The van der Waals surface area contributed by atoms with E-state index in [4.69, 9.17) is 10.5 Å². The third-order valence-corrected chi connectivity index (χ3v) is 2.86. The molecule has 3 N–H and O–H groups in total. The smallest absolute Gasteiger partial charge is 0.496 e. The first-order valence-corrected chi connectivity index (χ1v) is 6.66. The molecular weight excluding hydrogens is 299 g/mol. The summed E-state index contributed by atoms with van der Waals surface area (Å²) >= 11 is 0. The van der Waals surface area contributed by atoms with Gasteiger partial charge in [-0.3, -0.25) is 0 Å². The summed E-state index contributed by atoms with van der Waals surface area (Å²) in [5.41, 5.74) is 5.77. The van der Waals surface area contributed by atoms with Crippen molar-refractivity contribution in [2.45, 2.75) is 25.3 Å². The molecule has 0 saturated carbocycles. The number of nitrogens with zero attached hydrogens (tertiary/aromatic N) is 1. The second-order valence-corrected chi connectivity index (χ2v) is 4.60. The van der Waals surface area contributed by atoms with Crippen LogP contribution in [0.1, 0.15) is 12.8 Å². The average molecular weight is 315 g/mol. The molecule has 1 aromatic rings. The number of hydrogen-bond acceptors (Lipinski definition) is 3. The highest BCUT2D eigenvalue weighted by atomic mass is 19.4. The first kappa shape index (κ1) is 16.0. The average Bonchev–Trinajstić information content (AvgIpc) is 2.47. The normalized spacial score (nSPS) is 18.7. The number of ether oxygens (including phenoxy) is 2. The Morgan fingerprint density at radius 2 is 2.18 bits per heavy atom. The third kappa shape index (κ3) is 5.19. The molecule has 0 aliphatic carbocycles. The van der Waals surface area contributed by atoms with Crippen molar-refractivity contribution in [2.24, 2.45) is 10.7 Å². The van der Waals surface area contributed by atoms with Crippen LogP contribution < -0.4 is 15.8 Å². The molecular formula is C14H16F3N3O2. The minimum Gasteiger partial charge on any atom is -0.496 e. The Morgan fingerprint density at radius 3 is 2.86 bits per heavy atom. The number of guanidine groups is 1. The van der Waals surface area contributed by atoms with Crippen molar-refractivity contribution in [1.82, 2.24) is 0 Å². The zero-order valence-electron chi connectivity index (χ0n) is 11.6. The van der Waals surface area contributed by atoms with Gasteiger partial charge in [-0.25, -0.2) is 4.99 Å². The van der Waals surface area contributed by atoms with Gasteiger partial charge in [-0.15, -0.1) is 13.2 Å². The van der Waals surface area contributed by atoms with Gasteiger partial charge in [0.25, 0.3) is 0 Å². The molecule has 120 valence electrons. The van der Waals surface area contributed by atoms with E-state index >= 15 is 0 Å². The Balaban J connectivity index is 1.98. The molecule has 8 heteroatoms. The van der Waals surface area contributed by atoms with E-state index in [-0.39, 0.29) is 23.5 Å². The number of rotatable bonds is 4. The van der Waals surface area contributed by atoms with Gasteiger partial charge in [-0.05, 0) is 31.1 Å². The van der Waals surface area contributed by atoms with Crippen molar-refractivity contribution >= 4 is 11.6 Å². The first-order chi connectivity index (χ1) is 10.4. The highest BCUT2D eigenvalue weighted by molar-refractivity contribution is 5.93. The van der Waals surface area contributed by atoms with Crippen molar-refractivity contribution in [1.29, 1.82) is 0 Å². The van der Waals surface area contributed by atoms with Crippen LogP contribution in [-0.2, 0) is 4.74 Å². The second-order valence-electron chi connectivity index (χ2n) is 4.60. The molecule has 1 atom stereocenters. The highest BCUT2D eigenvalue weighted by Gasteiger charge is 2.32. The molecule has 0 aromatic heterocycles. The summed E-state index contributed by atoms with van der Waals surface area (Å²) in [6.45, 7) is 0.325. The molecule has 1 aliphatic heterocycles. The van der Waals surface area contributed by atoms with E-state index in [2.05, 4.69) is 15.0 Å².